The van der Waals surface area contributed by atoms with Crippen LogP contribution in [0.1, 0.15) is 271 Å². The van der Waals surface area contributed by atoms with Crippen LogP contribution in [0.3, 0.4) is 0 Å². The first-order valence-corrected chi connectivity index (χ1v) is 23.4. The quantitative estimate of drug-likeness (QED) is 0.0479. The fourth-order valence-electron chi connectivity index (χ4n) is 7.92. The number of aryl methyl sites for hydroxylation is 2. The van der Waals surface area contributed by atoms with E-state index in [1.54, 1.807) is 5.82 Å². The molecule has 290 valence electrons. The molecule has 2 nitrogen and oxygen atoms in total. The Bertz CT molecular complexity index is 751. The molecular formula is C47H93N2+. The zero-order chi connectivity index (χ0) is 35.1. The minimum Gasteiger partial charge on any atom is -0.234 e. The first-order valence-electron chi connectivity index (χ1n) is 23.4. The van der Waals surface area contributed by atoms with E-state index in [0.717, 1.165) is 0 Å². The van der Waals surface area contributed by atoms with E-state index in [9.17, 15) is 0 Å². The van der Waals surface area contributed by atoms with Gasteiger partial charge in [0.15, 0.2) is 0 Å². The van der Waals surface area contributed by atoms with E-state index < -0.39 is 0 Å². The summed E-state index contributed by atoms with van der Waals surface area (Å²) in [6.45, 7) is 9.41. The minimum atomic E-state index is 1.23. The molecule has 49 heavy (non-hydrogen) atoms. The average molecular weight is 686 g/mol. The van der Waals surface area contributed by atoms with Gasteiger partial charge in [0.25, 0.3) is 5.82 Å². The van der Waals surface area contributed by atoms with Crippen LogP contribution in [0.25, 0.3) is 0 Å². The monoisotopic (exact) mass is 686 g/mol. The van der Waals surface area contributed by atoms with Crippen LogP contribution >= 0.6 is 0 Å². The van der Waals surface area contributed by atoms with Crippen LogP contribution in [0.2, 0.25) is 0 Å². The van der Waals surface area contributed by atoms with Crippen LogP contribution in [-0.4, -0.2) is 4.57 Å². The molecule has 0 fully saturated rings. The van der Waals surface area contributed by atoms with Gasteiger partial charge in [-0.15, -0.1) is 0 Å². The van der Waals surface area contributed by atoms with Crippen molar-refractivity contribution >= 4 is 0 Å². The van der Waals surface area contributed by atoms with Gasteiger partial charge in [-0.3, -0.25) is 0 Å². The zero-order valence-electron chi connectivity index (χ0n) is 34.5. The van der Waals surface area contributed by atoms with E-state index in [1.165, 1.54) is 264 Å². The third-order valence-electron chi connectivity index (χ3n) is 11.3. The van der Waals surface area contributed by atoms with Crippen LogP contribution in [0.5, 0.6) is 0 Å². The maximum Gasteiger partial charge on any atom is 0.256 e. The molecule has 0 unspecified atom stereocenters. The summed E-state index contributed by atoms with van der Waals surface area (Å²) in [6.07, 6.45) is 60.8. The van der Waals surface area contributed by atoms with E-state index in [1.807, 2.05) is 0 Å². The largest absolute Gasteiger partial charge is 0.256 e. The molecule has 1 aromatic heterocycles. The Kier molecular flexibility index (Phi) is 36.3. The summed E-state index contributed by atoms with van der Waals surface area (Å²) >= 11 is 0. The lowest BCUT2D eigenvalue weighted by Gasteiger charge is -2.07. The molecule has 0 amide bonds. The predicted molar refractivity (Wildman–Crippen MR) is 221 cm³/mol. The van der Waals surface area contributed by atoms with Gasteiger partial charge >= 0.3 is 0 Å². The molecule has 0 spiro atoms. The van der Waals surface area contributed by atoms with E-state index in [-0.39, 0.29) is 0 Å². The fourth-order valence-corrected chi connectivity index (χ4v) is 7.92. The normalized spacial score (nSPS) is 11.7. The first kappa shape index (κ1) is 46.2. The van der Waals surface area contributed by atoms with Gasteiger partial charge in [0.2, 0.25) is 0 Å². The molecule has 0 radical (unpaired) electrons. The third-order valence-corrected chi connectivity index (χ3v) is 11.3. The van der Waals surface area contributed by atoms with Crippen molar-refractivity contribution in [3.63, 3.8) is 0 Å². The van der Waals surface area contributed by atoms with Gasteiger partial charge in [0, 0.05) is 6.42 Å². The van der Waals surface area contributed by atoms with Crippen molar-refractivity contribution in [2.45, 2.75) is 284 Å². The summed E-state index contributed by atoms with van der Waals surface area (Å²) in [7, 11) is 0. The van der Waals surface area contributed by atoms with E-state index in [2.05, 4.69) is 42.3 Å². The number of hydrogen-bond donors (Lipinski definition) is 0. The van der Waals surface area contributed by atoms with Crippen molar-refractivity contribution in [2.75, 3.05) is 0 Å². The van der Waals surface area contributed by atoms with Crippen molar-refractivity contribution in [3.8, 4) is 0 Å². The lowest BCUT2D eigenvalue weighted by molar-refractivity contribution is -0.704. The van der Waals surface area contributed by atoms with E-state index in [4.69, 9.17) is 0 Å². The van der Waals surface area contributed by atoms with Crippen molar-refractivity contribution in [2.24, 2.45) is 0 Å². The Morgan fingerprint density at radius 3 is 0.980 bits per heavy atom. The number of hydrogen-bond acceptors (Lipinski definition) is 0. The van der Waals surface area contributed by atoms with Gasteiger partial charge in [-0.25, -0.2) is 9.13 Å². The number of rotatable bonds is 41. The SMILES string of the molecule is CCCCCCCCCCCCCCCCc1n(CCCCCCCCCCCC)cc[n+]1CCCCCCCCCCCCCCCC. The lowest BCUT2D eigenvalue weighted by Crippen LogP contribution is -2.37. The van der Waals surface area contributed by atoms with Gasteiger partial charge in [0.1, 0.15) is 12.4 Å². The number of unbranched alkanes of at least 4 members (excludes halogenated alkanes) is 35. The molecule has 0 aliphatic rings. The van der Waals surface area contributed by atoms with Gasteiger partial charge in [-0.05, 0) is 32.1 Å². The molecule has 1 rings (SSSR count). The molecule has 0 N–H and O–H groups in total. The van der Waals surface area contributed by atoms with Crippen LogP contribution in [0, 0.1) is 0 Å². The predicted octanol–water partition coefficient (Wildman–Crippen LogP) is 16.2. The molecule has 1 aromatic rings. The van der Waals surface area contributed by atoms with E-state index >= 15 is 0 Å². The van der Waals surface area contributed by atoms with Gasteiger partial charge in [-0.2, -0.15) is 0 Å². The van der Waals surface area contributed by atoms with Crippen molar-refractivity contribution in [1.82, 2.24) is 4.57 Å². The average Bonchev–Trinajstić information content (AvgIpc) is 3.50. The van der Waals surface area contributed by atoms with E-state index in [0.29, 0.717) is 0 Å². The lowest BCUT2D eigenvalue weighted by atomic mass is 10.0. The first-order chi connectivity index (χ1) is 24.3. The Morgan fingerprint density at radius 1 is 0.347 bits per heavy atom. The summed E-state index contributed by atoms with van der Waals surface area (Å²) in [5.41, 5.74) is 0. The Morgan fingerprint density at radius 2 is 0.633 bits per heavy atom. The summed E-state index contributed by atoms with van der Waals surface area (Å²) in [5.74, 6) is 1.63. The standard InChI is InChI=1S/C47H93N2/c1-4-7-10-13-16-19-22-24-26-28-30-33-36-39-42-47-48(43-40-37-34-31-21-18-15-12-9-6-3)45-46-49(47)44-41-38-35-32-29-27-25-23-20-17-14-11-8-5-2/h45-46H,4-44H2,1-3H3/q+1. The topological polar surface area (TPSA) is 8.81 Å². The van der Waals surface area contributed by atoms with Gasteiger partial charge in [-0.1, -0.05) is 233 Å². The minimum absolute atomic E-state index is 1.23. The summed E-state index contributed by atoms with van der Waals surface area (Å²) in [6, 6.07) is 0. The molecular weight excluding hydrogens is 593 g/mol. The van der Waals surface area contributed by atoms with Crippen molar-refractivity contribution in [3.05, 3.63) is 18.2 Å². The maximum atomic E-state index is 2.65. The molecule has 0 aromatic carbocycles. The molecule has 2 heteroatoms. The Labute approximate surface area is 310 Å². The van der Waals surface area contributed by atoms with Crippen molar-refractivity contribution < 1.29 is 4.57 Å². The van der Waals surface area contributed by atoms with Gasteiger partial charge < -0.3 is 0 Å². The third kappa shape index (κ3) is 30.5. The smallest absolute Gasteiger partial charge is 0.234 e. The highest BCUT2D eigenvalue weighted by molar-refractivity contribution is 4.84. The number of nitrogens with zero attached hydrogens (tertiary/aromatic N) is 2. The second-order valence-electron chi connectivity index (χ2n) is 16.2. The van der Waals surface area contributed by atoms with Crippen LogP contribution in [0.15, 0.2) is 12.4 Å². The van der Waals surface area contributed by atoms with Crippen LogP contribution in [0.4, 0.5) is 0 Å². The second kappa shape index (κ2) is 38.4. The molecule has 0 atom stereocenters. The molecule has 0 bridgehead atoms. The maximum absolute atomic E-state index is 2.65. The van der Waals surface area contributed by atoms with Crippen LogP contribution < -0.4 is 4.57 Å². The molecule has 0 saturated heterocycles. The molecule has 0 saturated carbocycles. The summed E-state index contributed by atoms with van der Waals surface area (Å²) < 4.78 is 5.30. The summed E-state index contributed by atoms with van der Waals surface area (Å²) in [4.78, 5) is 0. The highest BCUT2D eigenvalue weighted by Crippen LogP contribution is 2.16. The molecule has 0 aliphatic heterocycles. The fraction of sp³-hybridized carbons (Fsp3) is 0.936. The highest BCUT2D eigenvalue weighted by Gasteiger charge is 2.16. The van der Waals surface area contributed by atoms with Crippen LogP contribution in [-0.2, 0) is 19.5 Å². The highest BCUT2D eigenvalue weighted by atomic mass is 15.1. The second-order valence-corrected chi connectivity index (χ2v) is 16.2. The van der Waals surface area contributed by atoms with Crippen molar-refractivity contribution in [1.29, 1.82) is 0 Å². The Hall–Kier alpha value is -0.790. The molecule has 0 aliphatic carbocycles. The zero-order valence-corrected chi connectivity index (χ0v) is 34.5. The molecule has 1 heterocycles. The number of aromatic nitrogens is 2. The van der Waals surface area contributed by atoms with Gasteiger partial charge in [0.05, 0.1) is 13.1 Å². The number of imidazole rings is 1. The summed E-state index contributed by atoms with van der Waals surface area (Å²) in [5, 5.41) is 0. The Balaban J connectivity index is 2.26.